The molecule has 10 heteroatoms. The van der Waals surface area contributed by atoms with Gasteiger partial charge in [0.1, 0.15) is 0 Å². The van der Waals surface area contributed by atoms with Crippen LogP contribution in [0.2, 0.25) is 0 Å². The van der Waals surface area contributed by atoms with Crippen molar-refractivity contribution >= 4 is 45.5 Å². The van der Waals surface area contributed by atoms with Gasteiger partial charge in [-0.25, -0.2) is 13.2 Å². The second-order valence-electron chi connectivity index (χ2n) is 5.37. The van der Waals surface area contributed by atoms with Gasteiger partial charge in [0.15, 0.2) is 21.8 Å². The molecule has 0 spiro atoms. The summed E-state index contributed by atoms with van der Waals surface area (Å²) < 4.78 is 40.2. The number of aryl methyl sites for hydroxylation is 1. The van der Waals surface area contributed by atoms with E-state index in [0.29, 0.717) is 9.47 Å². The molecule has 0 fully saturated rings. The molecule has 2 aromatic carbocycles. The molecule has 3 rings (SSSR count). The van der Waals surface area contributed by atoms with Gasteiger partial charge in [-0.05, 0) is 30.7 Å². The van der Waals surface area contributed by atoms with Crippen molar-refractivity contribution in [1.29, 1.82) is 0 Å². The summed E-state index contributed by atoms with van der Waals surface area (Å²) in [6.07, 6.45) is 0. The molecule has 0 saturated heterocycles. The van der Waals surface area contributed by atoms with Gasteiger partial charge in [-0.1, -0.05) is 41.3 Å². The zero-order chi connectivity index (χ0) is 19.4. The summed E-state index contributed by atoms with van der Waals surface area (Å²) in [4.78, 5) is 11.9. The highest BCUT2D eigenvalue weighted by atomic mass is 32.2. The molecule has 0 unspecified atom stereocenters. The zero-order valence-electron chi connectivity index (χ0n) is 13.9. The Labute approximate surface area is 161 Å². The molecule has 140 valence electrons. The average Bonchev–Trinajstić information content (AvgIpc) is 3.10. The summed E-state index contributed by atoms with van der Waals surface area (Å²) in [7, 11) is 0. The Balaban J connectivity index is 1.56. The summed E-state index contributed by atoms with van der Waals surface area (Å²) in [5.41, 5.74) is 1.53. The summed E-state index contributed by atoms with van der Waals surface area (Å²) >= 11 is 2.36. The van der Waals surface area contributed by atoms with Crippen LogP contribution >= 0.6 is 23.1 Å². The van der Waals surface area contributed by atoms with Crippen LogP contribution in [0.1, 0.15) is 5.56 Å². The highest BCUT2D eigenvalue weighted by molar-refractivity contribution is 8.01. The number of aromatic nitrogens is 2. The Morgan fingerprint density at radius 3 is 2.63 bits per heavy atom. The second kappa shape index (κ2) is 8.40. The Bertz CT molecular complexity index is 981. The standard InChI is InChI=1S/C17H13F3N4OS2/c1-9-4-2-3-5-11(9)22-16-23-24-17(27-16)26-8-13(25)21-12-7-6-10(18)14(19)15(12)20/h2-7H,8H2,1H3,(H,21,25)(H,22,23). The van der Waals surface area contributed by atoms with E-state index >= 15 is 0 Å². The van der Waals surface area contributed by atoms with Crippen molar-refractivity contribution in [1.82, 2.24) is 10.2 Å². The quantitative estimate of drug-likeness (QED) is 0.454. The van der Waals surface area contributed by atoms with Crippen LogP contribution < -0.4 is 10.6 Å². The molecule has 0 aliphatic heterocycles. The first-order valence-corrected chi connectivity index (χ1v) is 9.46. The van der Waals surface area contributed by atoms with Crippen molar-refractivity contribution in [2.45, 2.75) is 11.3 Å². The van der Waals surface area contributed by atoms with E-state index in [-0.39, 0.29) is 5.75 Å². The minimum Gasteiger partial charge on any atom is -0.330 e. The van der Waals surface area contributed by atoms with E-state index in [2.05, 4.69) is 20.8 Å². The van der Waals surface area contributed by atoms with Crippen LogP contribution in [0.5, 0.6) is 0 Å². The van der Waals surface area contributed by atoms with Crippen molar-refractivity contribution < 1.29 is 18.0 Å². The highest BCUT2D eigenvalue weighted by Crippen LogP contribution is 2.29. The third-order valence-electron chi connectivity index (χ3n) is 3.43. The molecule has 27 heavy (non-hydrogen) atoms. The van der Waals surface area contributed by atoms with Gasteiger partial charge in [0, 0.05) is 5.69 Å². The predicted molar refractivity (Wildman–Crippen MR) is 100 cm³/mol. The lowest BCUT2D eigenvalue weighted by Crippen LogP contribution is -2.15. The van der Waals surface area contributed by atoms with Crippen molar-refractivity contribution in [3.8, 4) is 0 Å². The SMILES string of the molecule is Cc1ccccc1Nc1nnc(SCC(=O)Nc2ccc(F)c(F)c2F)s1. The minimum absolute atomic E-state index is 0.0859. The van der Waals surface area contributed by atoms with E-state index in [0.717, 1.165) is 35.1 Å². The fourth-order valence-electron chi connectivity index (χ4n) is 2.08. The topological polar surface area (TPSA) is 66.9 Å². The van der Waals surface area contributed by atoms with Gasteiger partial charge in [0.2, 0.25) is 11.0 Å². The Hall–Kier alpha value is -2.59. The minimum atomic E-state index is -1.63. The zero-order valence-corrected chi connectivity index (χ0v) is 15.6. The highest BCUT2D eigenvalue weighted by Gasteiger charge is 2.16. The van der Waals surface area contributed by atoms with E-state index in [4.69, 9.17) is 0 Å². The molecule has 3 aromatic rings. The number of thioether (sulfide) groups is 1. The summed E-state index contributed by atoms with van der Waals surface area (Å²) in [5.74, 6) is -5.04. The van der Waals surface area contributed by atoms with E-state index < -0.39 is 29.0 Å². The Morgan fingerprint density at radius 1 is 1.07 bits per heavy atom. The molecule has 0 bridgehead atoms. The van der Waals surface area contributed by atoms with Crippen LogP contribution in [0.15, 0.2) is 40.7 Å². The number of carbonyl (C=O) groups is 1. The normalized spacial score (nSPS) is 10.7. The summed E-state index contributed by atoms with van der Waals surface area (Å²) in [5, 5.41) is 13.9. The Kier molecular flexibility index (Phi) is 5.97. The lowest BCUT2D eigenvalue weighted by Gasteiger charge is -2.06. The maximum Gasteiger partial charge on any atom is 0.234 e. The van der Waals surface area contributed by atoms with Crippen molar-refractivity contribution in [3.05, 3.63) is 59.4 Å². The fourth-order valence-corrected chi connectivity index (χ4v) is 3.65. The third-order valence-corrected chi connectivity index (χ3v) is 5.40. The number of hydrogen-bond donors (Lipinski definition) is 2. The van der Waals surface area contributed by atoms with Crippen molar-refractivity contribution in [2.75, 3.05) is 16.4 Å². The molecule has 2 N–H and O–H groups in total. The third kappa shape index (κ3) is 4.77. The van der Waals surface area contributed by atoms with Gasteiger partial charge >= 0.3 is 0 Å². The van der Waals surface area contributed by atoms with Gasteiger partial charge < -0.3 is 10.6 Å². The van der Waals surface area contributed by atoms with Crippen molar-refractivity contribution in [2.24, 2.45) is 0 Å². The number of para-hydroxylation sites is 1. The number of nitrogens with one attached hydrogen (secondary N) is 2. The molecule has 1 aromatic heterocycles. The van der Waals surface area contributed by atoms with Gasteiger partial charge in [0.05, 0.1) is 11.4 Å². The van der Waals surface area contributed by atoms with E-state index in [1.807, 2.05) is 31.2 Å². The van der Waals surface area contributed by atoms with Crippen LogP contribution in [0.4, 0.5) is 29.7 Å². The van der Waals surface area contributed by atoms with Gasteiger partial charge in [-0.3, -0.25) is 4.79 Å². The molecule has 0 aliphatic carbocycles. The number of nitrogens with zero attached hydrogens (tertiary/aromatic N) is 2. The molecule has 1 amide bonds. The molecule has 0 radical (unpaired) electrons. The number of amides is 1. The maximum atomic E-state index is 13.6. The number of benzene rings is 2. The van der Waals surface area contributed by atoms with E-state index in [9.17, 15) is 18.0 Å². The molecular weight excluding hydrogens is 397 g/mol. The molecule has 0 atom stereocenters. The average molecular weight is 410 g/mol. The summed E-state index contributed by atoms with van der Waals surface area (Å²) in [6.45, 7) is 1.96. The van der Waals surface area contributed by atoms with E-state index in [1.165, 1.54) is 11.3 Å². The second-order valence-corrected chi connectivity index (χ2v) is 7.57. The lowest BCUT2D eigenvalue weighted by molar-refractivity contribution is -0.113. The molecule has 5 nitrogen and oxygen atoms in total. The van der Waals surface area contributed by atoms with E-state index in [1.54, 1.807) is 0 Å². The first-order chi connectivity index (χ1) is 12.9. The molecule has 0 saturated carbocycles. The largest absolute Gasteiger partial charge is 0.330 e. The van der Waals surface area contributed by atoms with Gasteiger partial charge in [0.25, 0.3) is 0 Å². The predicted octanol–water partition coefficient (Wildman–Crippen LogP) is 4.74. The number of anilines is 3. The van der Waals surface area contributed by atoms with Crippen LogP contribution in [-0.2, 0) is 4.79 Å². The first-order valence-electron chi connectivity index (χ1n) is 7.66. The fraction of sp³-hybridized carbons (Fsp3) is 0.118. The Morgan fingerprint density at radius 2 is 1.85 bits per heavy atom. The molecule has 0 aliphatic rings. The number of carbonyl (C=O) groups excluding carboxylic acids is 1. The van der Waals surface area contributed by atoms with Gasteiger partial charge in [-0.15, -0.1) is 10.2 Å². The molecular formula is C17H13F3N4OS2. The van der Waals surface area contributed by atoms with Crippen LogP contribution in [0, 0.1) is 24.4 Å². The lowest BCUT2D eigenvalue weighted by atomic mass is 10.2. The maximum absolute atomic E-state index is 13.6. The number of rotatable bonds is 6. The monoisotopic (exact) mass is 410 g/mol. The van der Waals surface area contributed by atoms with Crippen molar-refractivity contribution in [3.63, 3.8) is 0 Å². The summed E-state index contributed by atoms with van der Waals surface area (Å²) in [6, 6.07) is 9.40. The number of halogens is 3. The smallest absolute Gasteiger partial charge is 0.234 e. The first kappa shape index (κ1) is 19.2. The van der Waals surface area contributed by atoms with Crippen LogP contribution in [0.3, 0.4) is 0 Å². The molecule has 1 heterocycles. The van der Waals surface area contributed by atoms with Gasteiger partial charge in [-0.2, -0.15) is 0 Å². The van der Waals surface area contributed by atoms with Crippen LogP contribution in [0.25, 0.3) is 0 Å². The number of hydrogen-bond acceptors (Lipinski definition) is 6. The van der Waals surface area contributed by atoms with Crippen LogP contribution in [-0.4, -0.2) is 21.9 Å².